The molecule has 0 atom stereocenters. The van der Waals surface area contributed by atoms with E-state index >= 15 is 0 Å². The van der Waals surface area contributed by atoms with E-state index in [2.05, 4.69) is 0 Å². The molecular weight excluding hydrogens is 284 g/mol. The van der Waals surface area contributed by atoms with E-state index in [9.17, 15) is 8.42 Å². The summed E-state index contributed by atoms with van der Waals surface area (Å²) in [7, 11) is -3.67. The third-order valence-corrected chi connectivity index (χ3v) is 5.26. The second-order valence-electron chi connectivity index (χ2n) is 4.69. The van der Waals surface area contributed by atoms with Crippen molar-refractivity contribution >= 4 is 9.84 Å². The second kappa shape index (κ2) is 5.40. The Morgan fingerprint density at radius 2 is 1.19 bits per heavy atom. The number of hydrogen-bond acceptors (Lipinski definition) is 4. The highest BCUT2D eigenvalue weighted by atomic mass is 32.2. The number of nitriles is 2. The van der Waals surface area contributed by atoms with E-state index in [1.54, 1.807) is 26.0 Å². The number of rotatable bonds is 2. The third-order valence-electron chi connectivity index (χ3n) is 3.19. The zero-order valence-corrected chi connectivity index (χ0v) is 12.4. The Hall–Kier alpha value is -2.63. The fraction of sp³-hybridized carbons (Fsp3) is 0.125. The Morgan fingerprint density at radius 1 is 0.810 bits per heavy atom. The van der Waals surface area contributed by atoms with Gasteiger partial charge in [0, 0.05) is 0 Å². The lowest BCUT2D eigenvalue weighted by Crippen LogP contribution is -2.06. The van der Waals surface area contributed by atoms with Gasteiger partial charge in [0.1, 0.15) is 0 Å². The standard InChI is InChI=1S/C16H12N2O2S/c1-11-7-13(9-17)3-5-15(11)21(19,20)16-6-4-14(10-18)8-12(16)2/h3-8H,1-2H3. The first-order chi connectivity index (χ1) is 9.90. The summed E-state index contributed by atoms with van der Waals surface area (Å²) in [5, 5.41) is 17.7. The van der Waals surface area contributed by atoms with Gasteiger partial charge in [-0.05, 0) is 61.4 Å². The smallest absolute Gasteiger partial charge is 0.207 e. The molecule has 4 nitrogen and oxygen atoms in total. The Labute approximate surface area is 123 Å². The Balaban J connectivity index is 2.64. The zero-order valence-electron chi connectivity index (χ0n) is 11.6. The average Bonchev–Trinajstić information content (AvgIpc) is 2.46. The summed E-state index contributed by atoms with van der Waals surface area (Å²) < 4.78 is 25.4. The minimum Gasteiger partial charge on any atom is -0.218 e. The van der Waals surface area contributed by atoms with Crippen LogP contribution in [0, 0.1) is 36.5 Å². The van der Waals surface area contributed by atoms with Gasteiger partial charge < -0.3 is 0 Å². The SMILES string of the molecule is Cc1cc(C#N)ccc1S(=O)(=O)c1ccc(C#N)cc1C. The van der Waals surface area contributed by atoms with Crippen molar-refractivity contribution in [2.24, 2.45) is 0 Å². The lowest BCUT2D eigenvalue weighted by molar-refractivity contribution is 0.595. The third kappa shape index (κ3) is 2.65. The van der Waals surface area contributed by atoms with Crippen molar-refractivity contribution in [2.45, 2.75) is 23.6 Å². The van der Waals surface area contributed by atoms with Crippen molar-refractivity contribution < 1.29 is 8.42 Å². The van der Waals surface area contributed by atoms with E-state index in [0.717, 1.165) is 0 Å². The first-order valence-corrected chi connectivity index (χ1v) is 7.65. The first-order valence-electron chi connectivity index (χ1n) is 6.16. The number of hydrogen-bond donors (Lipinski definition) is 0. The van der Waals surface area contributed by atoms with Gasteiger partial charge in [-0.2, -0.15) is 10.5 Å². The van der Waals surface area contributed by atoms with Crippen molar-refractivity contribution in [3.8, 4) is 12.1 Å². The van der Waals surface area contributed by atoms with Gasteiger partial charge in [-0.1, -0.05) is 0 Å². The molecule has 0 heterocycles. The van der Waals surface area contributed by atoms with Gasteiger partial charge >= 0.3 is 0 Å². The highest BCUT2D eigenvalue weighted by molar-refractivity contribution is 7.91. The van der Waals surface area contributed by atoms with Crippen LogP contribution in [-0.4, -0.2) is 8.42 Å². The van der Waals surface area contributed by atoms with Crippen LogP contribution in [0.3, 0.4) is 0 Å². The topological polar surface area (TPSA) is 81.7 Å². The highest BCUT2D eigenvalue weighted by Gasteiger charge is 2.22. The molecule has 2 aromatic carbocycles. The van der Waals surface area contributed by atoms with Gasteiger partial charge in [0.15, 0.2) is 0 Å². The van der Waals surface area contributed by atoms with Gasteiger partial charge in [-0.15, -0.1) is 0 Å². The predicted octanol–water partition coefficient (Wildman–Crippen LogP) is 2.88. The van der Waals surface area contributed by atoms with Crippen molar-refractivity contribution in [3.05, 3.63) is 58.7 Å². The molecule has 0 unspecified atom stereocenters. The van der Waals surface area contributed by atoms with Crippen molar-refractivity contribution in [1.82, 2.24) is 0 Å². The molecule has 2 rings (SSSR count). The molecule has 0 radical (unpaired) electrons. The van der Waals surface area contributed by atoms with E-state index < -0.39 is 9.84 Å². The maximum Gasteiger partial charge on any atom is 0.207 e. The quantitative estimate of drug-likeness (QED) is 0.853. The van der Waals surface area contributed by atoms with Crippen molar-refractivity contribution in [2.75, 3.05) is 0 Å². The summed E-state index contributed by atoms with van der Waals surface area (Å²) >= 11 is 0. The predicted molar refractivity (Wildman–Crippen MR) is 77.2 cm³/mol. The van der Waals surface area contributed by atoms with Crippen LogP contribution >= 0.6 is 0 Å². The second-order valence-corrected chi connectivity index (χ2v) is 6.57. The monoisotopic (exact) mass is 296 g/mol. The Morgan fingerprint density at radius 3 is 1.48 bits per heavy atom. The van der Waals surface area contributed by atoms with E-state index in [-0.39, 0.29) is 9.79 Å². The Bertz CT molecular complexity index is 831. The molecule has 104 valence electrons. The van der Waals surface area contributed by atoms with Crippen molar-refractivity contribution in [1.29, 1.82) is 10.5 Å². The molecule has 5 heteroatoms. The normalized spacial score (nSPS) is 10.7. The number of aryl methyl sites for hydroxylation is 2. The molecule has 21 heavy (non-hydrogen) atoms. The molecule has 0 aromatic heterocycles. The van der Waals surface area contributed by atoms with Crippen LogP contribution in [0.4, 0.5) is 0 Å². The molecule has 0 aliphatic rings. The van der Waals surface area contributed by atoms with Crippen LogP contribution in [0.25, 0.3) is 0 Å². The molecule has 0 saturated heterocycles. The van der Waals surface area contributed by atoms with Gasteiger partial charge in [-0.25, -0.2) is 8.42 Å². The van der Waals surface area contributed by atoms with Crippen LogP contribution in [-0.2, 0) is 9.84 Å². The molecule has 0 aliphatic heterocycles. The van der Waals surface area contributed by atoms with Gasteiger partial charge in [0.05, 0.1) is 33.1 Å². The van der Waals surface area contributed by atoms with Crippen LogP contribution in [0.5, 0.6) is 0 Å². The summed E-state index contributed by atoms with van der Waals surface area (Å²) in [5.41, 5.74) is 1.89. The number of nitrogens with zero attached hydrogens (tertiary/aromatic N) is 2. The van der Waals surface area contributed by atoms with E-state index in [1.165, 1.54) is 24.3 Å². The van der Waals surface area contributed by atoms with E-state index in [0.29, 0.717) is 22.3 Å². The van der Waals surface area contributed by atoms with Crippen LogP contribution < -0.4 is 0 Å². The van der Waals surface area contributed by atoms with Crippen LogP contribution in [0.1, 0.15) is 22.3 Å². The van der Waals surface area contributed by atoms with Crippen LogP contribution in [0.15, 0.2) is 46.2 Å². The maximum atomic E-state index is 12.7. The summed E-state index contributed by atoms with van der Waals surface area (Å²) in [6.07, 6.45) is 0. The summed E-state index contributed by atoms with van der Waals surface area (Å²) in [4.78, 5) is 0.351. The summed E-state index contributed by atoms with van der Waals surface area (Å²) in [6.45, 7) is 3.32. The Kier molecular flexibility index (Phi) is 3.80. The summed E-state index contributed by atoms with van der Waals surface area (Å²) in [6, 6.07) is 12.9. The molecule has 0 amide bonds. The van der Waals surface area contributed by atoms with Crippen molar-refractivity contribution in [3.63, 3.8) is 0 Å². The lowest BCUT2D eigenvalue weighted by atomic mass is 10.1. The molecule has 0 spiro atoms. The molecule has 0 N–H and O–H groups in total. The molecule has 2 aromatic rings. The molecule has 0 bridgehead atoms. The first kappa shape index (κ1) is 14.8. The maximum absolute atomic E-state index is 12.7. The lowest BCUT2D eigenvalue weighted by Gasteiger charge is -2.10. The zero-order chi connectivity index (χ0) is 15.6. The van der Waals surface area contributed by atoms with E-state index in [1.807, 2.05) is 12.1 Å². The minimum atomic E-state index is -3.67. The molecule has 0 aliphatic carbocycles. The molecule has 0 fully saturated rings. The van der Waals surface area contributed by atoms with Gasteiger partial charge in [0.25, 0.3) is 0 Å². The number of sulfone groups is 1. The molecular formula is C16H12N2O2S. The molecule has 0 saturated carbocycles. The fourth-order valence-electron chi connectivity index (χ4n) is 2.16. The van der Waals surface area contributed by atoms with Crippen LogP contribution in [0.2, 0.25) is 0 Å². The van der Waals surface area contributed by atoms with Gasteiger partial charge in [0.2, 0.25) is 9.84 Å². The number of benzene rings is 2. The highest BCUT2D eigenvalue weighted by Crippen LogP contribution is 2.27. The largest absolute Gasteiger partial charge is 0.218 e. The minimum absolute atomic E-state index is 0.175. The average molecular weight is 296 g/mol. The summed E-state index contributed by atoms with van der Waals surface area (Å²) in [5.74, 6) is 0. The van der Waals surface area contributed by atoms with Gasteiger partial charge in [-0.3, -0.25) is 0 Å². The fourth-order valence-corrected chi connectivity index (χ4v) is 3.86. The van der Waals surface area contributed by atoms with E-state index in [4.69, 9.17) is 10.5 Å².